The van der Waals surface area contributed by atoms with Crippen molar-refractivity contribution in [3.63, 3.8) is 0 Å². The first-order chi connectivity index (χ1) is 10.1. The summed E-state index contributed by atoms with van der Waals surface area (Å²) in [6, 6.07) is 13.3. The molecule has 2 aromatic rings. The maximum absolute atomic E-state index is 11.9. The van der Waals surface area contributed by atoms with E-state index in [2.05, 4.69) is 15.9 Å². The molecule has 0 bridgehead atoms. The summed E-state index contributed by atoms with van der Waals surface area (Å²) in [5.74, 6) is 0.331. The summed E-state index contributed by atoms with van der Waals surface area (Å²) in [4.78, 5) is 22.1. The number of nitro groups is 1. The molecule has 0 aromatic heterocycles. The molecule has 21 heavy (non-hydrogen) atoms. The summed E-state index contributed by atoms with van der Waals surface area (Å²) in [5.41, 5.74) is 0.565. The van der Waals surface area contributed by atoms with Crippen LogP contribution in [0.1, 0.15) is 16.8 Å². The summed E-state index contributed by atoms with van der Waals surface area (Å²) < 4.78 is 5.97. The van der Waals surface area contributed by atoms with Crippen molar-refractivity contribution in [1.82, 2.24) is 0 Å². The first-order valence-electron chi connectivity index (χ1n) is 6.22. The number of carbonyl (C=O) groups excluding carboxylic acids is 1. The van der Waals surface area contributed by atoms with Gasteiger partial charge in [0.25, 0.3) is 5.69 Å². The third-order valence-corrected chi connectivity index (χ3v) is 3.22. The topological polar surface area (TPSA) is 69.4 Å². The normalized spacial score (nSPS) is 10.1. The van der Waals surface area contributed by atoms with Crippen LogP contribution in [0, 0.1) is 10.1 Å². The predicted molar refractivity (Wildman–Crippen MR) is 81.7 cm³/mol. The van der Waals surface area contributed by atoms with Crippen LogP contribution in [0.15, 0.2) is 53.0 Å². The summed E-state index contributed by atoms with van der Waals surface area (Å²) in [5, 5.41) is 10.7. The van der Waals surface area contributed by atoms with E-state index in [0.29, 0.717) is 15.8 Å². The Morgan fingerprint density at radius 1 is 1.19 bits per heavy atom. The Morgan fingerprint density at radius 2 is 1.90 bits per heavy atom. The number of benzene rings is 2. The van der Waals surface area contributed by atoms with E-state index in [1.807, 2.05) is 6.07 Å². The van der Waals surface area contributed by atoms with Gasteiger partial charge in [-0.2, -0.15) is 0 Å². The van der Waals surface area contributed by atoms with Crippen LogP contribution in [0.2, 0.25) is 0 Å². The minimum Gasteiger partial charge on any atom is -0.493 e. The average Bonchev–Trinajstić information content (AvgIpc) is 2.47. The quantitative estimate of drug-likeness (QED) is 0.448. The lowest BCUT2D eigenvalue weighted by atomic mass is 10.1. The zero-order valence-corrected chi connectivity index (χ0v) is 12.6. The Labute approximate surface area is 129 Å². The molecule has 6 heteroatoms. The number of halogens is 1. The number of Topliss-reactive ketones (excluding diaryl/α,β-unsaturated/α-hetero) is 1. The zero-order valence-electron chi connectivity index (χ0n) is 11.0. The van der Waals surface area contributed by atoms with Crippen LogP contribution >= 0.6 is 15.9 Å². The molecule has 0 N–H and O–H groups in total. The van der Waals surface area contributed by atoms with Crippen molar-refractivity contribution in [2.75, 3.05) is 6.61 Å². The standard InChI is InChI=1S/C15H12BrNO4/c16-12-8-13(17(19)20)10-14(9-12)21-7-6-15(18)11-4-2-1-3-5-11/h1-5,8-10H,6-7H2. The summed E-state index contributed by atoms with van der Waals surface area (Å²) in [6.07, 6.45) is 0.213. The van der Waals surface area contributed by atoms with Gasteiger partial charge in [-0.05, 0) is 6.07 Å². The van der Waals surface area contributed by atoms with Gasteiger partial charge in [0.2, 0.25) is 0 Å². The van der Waals surface area contributed by atoms with E-state index < -0.39 is 4.92 Å². The molecular formula is C15H12BrNO4. The Morgan fingerprint density at radius 3 is 2.57 bits per heavy atom. The van der Waals surface area contributed by atoms with E-state index >= 15 is 0 Å². The summed E-state index contributed by atoms with van der Waals surface area (Å²) in [6.45, 7) is 0.168. The number of ketones is 1. The average molecular weight is 350 g/mol. The van der Waals surface area contributed by atoms with E-state index in [0.717, 1.165) is 0 Å². The van der Waals surface area contributed by atoms with E-state index in [9.17, 15) is 14.9 Å². The largest absolute Gasteiger partial charge is 0.493 e. The molecule has 0 fully saturated rings. The van der Waals surface area contributed by atoms with Crippen molar-refractivity contribution in [2.45, 2.75) is 6.42 Å². The van der Waals surface area contributed by atoms with Crippen LogP contribution in [-0.2, 0) is 0 Å². The molecule has 0 aliphatic heterocycles. The van der Waals surface area contributed by atoms with Gasteiger partial charge in [-0.15, -0.1) is 0 Å². The van der Waals surface area contributed by atoms with Crippen LogP contribution in [0.25, 0.3) is 0 Å². The lowest BCUT2D eigenvalue weighted by Gasteiger charge is -2.06. The number of non-ortho nitro benzene ring substituents is 1. The number of nitrogens with zero attached hydrogens (tertiary/aromatic N) is 1. The molecule has 0 unspecified atom stereocenters. The molecule has 0 aliphatic rings. The number of hydrogen-bond donors (Lipinski definition) is 0. The van der Waals surface area contributed by atoms with Crippen molar-refractivity contribution in [2.24, 2.45) is 0 Å². The Kier molecular flexibility index (Phi) is 5.05. The molecule has 2 aromatic carbocycles. The number of rotatable bonds is 6. The molecule has 0 heterocycles. The maximum atomic E-state index is 11.9. The third kappa shape index (κ3) is 4.39. The van der Waals surface area contributed by atoms with E-state index in [4.69, 9.17) is 4.74 Å². The van der Waals surface area contributed by atoms with Gasteiger partial charge in [-0.3, -0.25) is 14.9 Å². The summed E-state index contributed by atoms with van der Waals surface area (Å²) >= 11 is 3.19. The van der Waals surface area contributed by atoms with Crippen molar-refractivity contribution < 1.29 is 14.5 Å². The van der Waals surface area contributed by atoms with Gasteiger partial charge >= 0.3 is 0 Å². The highest BCUT2D eigenvalue weighted by atomic mass is 79.9. The number of nitro benzene ring substituents is 1. The Hall–Kier alpha value is -2.21. The zero-order chi connectivity index (χ0) is 15.2. The molecule has 0 spiro atoms. The lowest BCUT2D eigenvalue weighted by molar-refractivity contribution is -0.385. The number of carbonyl (C=O) groups is 1. The van der Waals surface area contributed by atoms with Crippen molar-refractivity contribution in [1.29, 1.82) is 0 Å². The molecule has 0 radical (unpaired) electrons. The SMILES string of the molecule is O=C(CCOc1cc(Br)cc([N+](=O)[O-])c1)c1ccccc1. The van der Waals surface area contributed by atoms with E-state index in [1.54, 1.807) is 30.3 Å². The molecule has 108 valence electrons. The smallest absolute Gasteiger partial charge is 0.274 e. The fraction of sp³-hybridized carbons (Fsp3) is 0.133. The van der Waals surface area contributed by atoms with Crippen LogP contribution in [0.3, 0.4) is 0 Å². The van der Waals surface area contributed by atoms with Gasteiger partial charge in [0.05, 0.1) is 17.6 Å². The van der Waals surface area contributed by atoms with Gasteiger partial charge in [0.1, 0.15) is 5.75 Å². The van der Waals surface area contributed by atoms with Gasteiger partial charge in [-0.1, -0.05) is 46.3 Å². The van der Waals surface area contributed by atoms with Gasteiger partial charge in [0.15, 0.2) is 5.78 Å². The van der Waals surface area contributed by atoms with Crippen LogP contribution in [0.5, 0.6) is 5.75 Å². The maximum Gasteiger partial charge on any atom is 0.274 e. The van der Waals surface area contributed by atoms with Crippen molar-refractivity contribution >= 4 is 27.4 Å². The summed E-state index contributed by atoms with van der Waals surface area (Å²) in [7, 11) is 0. The Bertz CT molecular complexity index is 658. The fourth-order valence-corrected chi connectivity index (χ4v) is 2.23. The van der Waals surface area contributed by atoms with Gasteiger partial charge in [0, 0.05) is 22.5 Å². The second kappa shape index (κ2) is 6.99. The molecule has 0 atom stereocenters. The van der Waals surface area contributed by atoms with E-state index in [-0.39, 0.29) is 24.5 Å². The highest BCUT2D eigenvalue weighted by molar-refractivity contribution is 9.10. The number of ether oxygens (including phenoxy) is 1. The second-order valence-electron chi connectivity index (χ2n) is 4.29. The first kappa shape index (κ1) is 15.2. The lowest BCUT2D eigenvalue weighted by Crippen LogP contribution is -2.06. The molecule has 0 amide bonds. The number of hydrogen-bond acceptors (Lipinski definition) is 4. The predicted octanol–water partition coefficient (Wildman–Crippen LogP) is 4.01. The monoisotopic (exact) mass is 349 g/mol. The second-order valence-corrected chi connectivity index (χ2v) is 5.21. The Balaban J connectivity index is 1.95. The van der Waals surface area contributed by atoms with Crippen LogP contribution in [0.4, 0.5) is 5.69 Å². The third-order valence-electron chi connectivity index (χ3n) is 2.76. The van der Waals surface area contributed by atoms with Gasteiger partial charge in [-0.25, -0.2) is 0 Å². The highest BCUT2D eigenvalue weighted by Gasteiger charge is 2.10. The minimum absolute atomic E-state index is 0.0277. The first-order valence-corrected chi connectivity index (χ1v) is 7.01. The molecular weight excluding hydrogens is 338 g/mol. The molecule has 0 aliphatic carbocycles. The van der Waals surface area contributed by atoms with Crippen LogP contribution in [-0.4, -0.2) is 17.3 Å². The molecule has 0 saturated carbocycles. The molecule has 0 saturated heterocycles. The minimum atomic E-state index is -0.493. The molecule has 2 rings (SSSR count). The van der Waals surface area contributed by atoms with Crippen molar-refractivity contribution in [3.8, 4) is 5.75 Å². The highest BCUT2D eigenvalue weighted by Crippen LogP contribution is 2.26. The fourth-order valence-electron chi connectivity index (χ4n) is 1.77. The van der Waals surface area contributed by atoms with Gasteiger partial charge < -0.3 is 4.74 Å². The van der Waals surface area contributed by atoms with E-state index in [1.165, 1.54) is 12.1 Å². The molecule has 5 nitrogen and oxygen atoms in total. The van der Waals surface area contributed by atoms with Crippen LogP contribution < -0.4 is 4.74 Å². The van der Waals surface area contributed by atoms with Crippen molar-refractivity contribution in [3.05, 3.63) is 68.7 Å².